The normalized spacial score (nSPS) is 18.4. The maximum atomic E-state index is 13.5. The first-order chi connectivity index (χ1) is 18.3. The standard InChI is InChI=1S/C31H41NO6/c1-22(33)32(20-17-25-12-10-11-24-15-16-27(36-3)21-28(24)25)30(35)38-23(2)37-29(34)31(18-8-5-9-19-31)26-13-6-4-7-14-26/h10-12,15-16,21,23,26H,4-9,13-14,17-20H2,1-3H3. The highest BCUT2D eigenvalue weighted by atomic mass is 16.7. The van der Waals surface area contributed by atoms with Gasteiger partial charge in [0.1, 0.15) is 5.75 Å². The van der Waals surface area contributed by atoms with E-state index in [2.05, 4.69) is 0 Å². The number of esters is 1. The lowest BCUT2D eigenvalue weighted by atomic mass is 9.62. The van der Waals surface area contributed by atoms with Crippen molar-refractivity contribution in [2.75, 3.05) is 13.7 Å². The first-order valence-electron chi connectivity index (χ1n) is 14.1. The maximum Gasteiger partial charge on any atom is 0.419 e. The molecule has 0 saturated heterocycles. The predicted molar refractivity (Wildman–Crippen MR) is 146 cm³/mol. The van der Waals surface area contributed by atoms with Gasteiger partial charge in [0.25, 0.3) is 0 Å². The Balaban J connectivity index is 1.40. The Bertz CT molecular complexity index is 1130. The highest BCUT2D eigenvalue weighted by Crippen LogP contribution is 2.49. The second-order valence-corrected chi connectivity index (χ2v) is 10.8. The molecule has 0 N–H and O–H groups in total. The van der Waals surface area contributed by atoms with Crippen LogP contribution in [0.3, 0.4) is 0 Å². The van der Waals surface area contributed by atoms with E-state index in [1.165, 1.54) is 13.3 Å². The lowest BCUT2D eigenvalue weighted by Crippen LogP contribution is -2.45. The second-order valence-electron chi connectivity index (χ2n) is 10.8. The molecule has 1 atom stereocenters. The molecular weight excluding hydrogens is 482 g/mol. The molecule has 0 spiro atoms. The molecule has 2 fully saturated rings. The number of ether oxygens (including phenoxy) is 3. The molecule has 2 saturated carbocycles. The van der Waals surface area contributed by atoms with E-state index >= 15 is 0 Å². The molecule has 0 heterocycles. The van der Waals surface area contributed by atoms with Crippen LogP contribution < -0.4 is 4.74 Å². The van der Waals surface area contributed by atoms with Crippen molar-refractivity contribution in [3.63, 3.8) is 0 Å². The Hall–Kier alpha value is -3.09. The summed E-state index contributed by atoms with van der Waals surface area (Å²) in [5, 5.41) is 2.06. The van der Waals surface area contributed by atoms with Crippen molar-refractivity contribution < 1.29 is 28.6 Å². The minimum absolute atomic E-state index is 0.150. The van der Waals surface area contributed by atoms with Crippen LogP contribution in [0.1, 0.15) is 83.6 Å². The number of nitrogens with zero attached hydrogens (tertiary/aromatic N) is 1. The summed E-state index contributed by atoms with van der Waals surface area (Å²) in [5.74, 6) is 0.410. The van der Waals surface area contributed by atoms with Crippen LogP contribution in [0.25, 0.3) is 10.8 Å². The molecule has 2 aromatic rings. The molecule has 2 aromatic carbocycles. The van der Waals surface area contributed by atoms with E-state index in [1.54, 1.807) is 14.0 Å². The Labute approximate surface area is 225 Å². The van der Waals surface area contributed by atoms with Crippen LogP contribution >= 0.6 is 0 Å². The fraction of sp³-hybridized carbons (Fsp3) is 0.581. The van der Waals surface area contributed by atoms with Crippen molar-refractivity contribution in [2.45, 2.75) is 90.8 Å². The van der Waals surface area contributed by atoms with Crippen LogP contribution in [0.2, 0.25) is 0 Å². The van der Waals surface area contributed by atoms with Gasteiger partial charge >= 0.3 is 12.1 Å². The topological polar surface area (TPSA) is 82.1 Å². The van der Waals surface area contributed by atoms with Gasteiger partial charge in [0.15, 0.2) is 0 Å². The molecule has 0 aromatic heterocycles. The van der Waals surface area contributed by atoms with Crippen molar-refractivity contribution in [3.8, 4) is 5.75 Å². The van der Waals surface area contributed by atoms with Crippen LogP contribution in [-0.4, -0.2) is 42.8 Å². The summed E-state index contributed by atoms with van der Waals surface area (Å²) in [6, 6.07) is 11.8. The van der Waals surface area contributed by atoms with Gasteiger partial charge in [0, 0.05) is 20.4 Å². The highest BCUT2D eigenvalue weighted by molar-refractivity contribution is 5.91. The van der Waals surface area contributed by atoms with Crippen LogP contribution in [0.4, 0.5) is 4.79 Å². The van der Waals surface area contributed by atoms with Gasteiger partial charge in [-0.25, -0.2) is 9.69 Å². The predicted octanol–water partition coefficient (Wildman–Crippen LogP) is 6.80. The first-order valence-corrected chi connectivity index (χ1v) is 14.1. The molecule has 7 heteroatoms. The van der Waals surface area contributed by atoms with Gasteiger partial charge in [-0.2, -0.15) is 0 Å². The van der Waals surface area contributed by atoms with Gasteiger partial charge in [0.05, 0.1) is 12.5 Å². The largest absolute Gasteiger partial charge is 0.497 e. The van der Waals surface area contributed by atoms with E-state index in [9.17, 15) is 14.4 Å². The minimum Gasteiger partial charge on any atom is -0.497 e. The van der Waals surface area contributed by atoms with Crippen LogP contribution in [0.5, 0.6) is 5.75 Å². The number of benzene rings is 2. The molecule has 4 rings (SSSR count). The summed E-state index contributed by atoms with van der Waals surface area (Å²) in [6.07, 6.45) is 9.11. The number of amides is 2. The van der Waals surface area contributed by atoms with E-state index < -0.39 is 23.7 Å². The van der Waals surface area contributed by atoms with Crippen molar-refractivity contribution in [1.29, 1.82) is 0 Å². The minimum atomic E-state index is -1.07. The number of hydrogen-bond acceptors (Lipinski definition) is 6. The van der Waals surface area contributed by atoms with Crippen molar-refractivity contribution >= 4 is 28.7 Å². The van der Waals surface area contributed by atoms with Crippen LogP contribution in [-0.2, 0) is 25.5 Å². The third kappa shape index (κ3) is 6.30. The van der Waals surface area contributed by atoms with Gasteiger partial charge in [-0.15, -0.1) is 0 Å². The second kappa shape index (κ2) is 12.6. The fourth-order valence-corrected chi connectivity index (χ4v) is 6.39. The fourth-order valence-electron chi connectivity index (χ4n) is 6.39. The SMILES string of the molecule is COc1ccc2cccc(CCN(C(C)=O)C(=O)OC(C)OC(=O)C3(C4CCCCC4)CCCCC3)c2c1. The van der Waals surface area contributed by atoms with E-state index in [0.29, 0.717) is 12.3 Å². The zero-order chi connectivity index (χ0) is 27.1. The summed E-state index contributed by atoms with van der Waals surface area (Å²) < 4.78 is 16.6. The van der Waals surface area contributed by atoms with Gasteiger partial charge in [-0.05, 0) is 66.5 Å². The highest BCUT2D eigenvalue weighted by Gasteiger charge is 2.48. The number of carbonyl (C=O) groups is 3. The van der Waals surface area contributed by atoms with Gasteiger partial charge in [-0.1, -0.05) is 62.8 Å². The molecule has 2 aliphatic rings. The maximum absolute atomic E-state index is 13.5. The zero-order valence-electron chi connectivity index (χ0n) is 23.0. The smallest absolute Gasteiger partial charge is 0.419 e. The molecule has 2 amide bonds. The van der Waals surface area contributed by atoms with Crippen LogP contribution in [0, 0.1) is 11.3 Å². The molecule has 1 unspecified atom stereocenters. The van der Waals surface area contributed by atoms with E-state index in [-0.39, 0.29) is 12.5 Å². The first kappa shape index (κ1) is 27.9. The van der Waals surface area contributed by atoms with Gasteiger partial charge < -0.3 is 14.2 Å². The molecule has 0 aliphatic heterocycles. The lowest BCUT2D eigenvalue weighted by molar-refractivity contribution is -0.185. The summed E-state index contributed by atoms with van der Waals surface area (Å²) >= 11 is 0. The van der Waals surface area contributed by atoms with Gasteiger partial charge in [-0.3, -0.25) is 9.59 Å². The summed E-state index contributed by atoms with van der Waals surface area (Å²) in [5.41, 5.74) is 0.515. The quantitative estimate of drug-likeness (QED) is 0.280. The van der Waals surface area contributed by atoms with E-state index in [4.69, 9.17) is 14.2 Å². The number of carbonyl (C=O) groups excluding carboxylic acids is 3. The Kier molecular flexibility index (Phi) is 9.29. The average molecular weight is 524 g/mol. The number of rotatable bonds is 8. The van der Waals surface area contributed by atoms with E-state index in [1.807, 2.05) is 36.4 Å². The molecule has 2 aliphatic carbocycles. The number of fused-ring (bicyclic) bond motifs is 1. The zero-order valence-corrected chi connectivity index (χ0v) is 23.0. The molecule has 0 radical (unpaired) electrons. The third-order valence-electron chi connectivity index (χ3n) is 8.46. The molecule has 206 valence electrons. The van der Waals surface area contributed by atoms with Crippen molar-refractivity contribution in [1.82, 2.24) is 4.90 Å². The summed E-state index contributed by atoms with van der Waals surface area (Å²) in [4.78, 5) is 39.9. The number of methoxy groups -OCH3 is 1. The molecule has 0 bridgehead atoms. The number of hydrogen-bond donors (Lipinski definition) is 0. The Morgan fingerprint density at radius 1 is 0.974 bits per heavy atom. The lowest BCUT2D eigenvalue weighted by Gasteiger charge is -2.43. The van der Waals surface area contributed by atoms with Crippen molar-refractivity contribution in [2.24, 2.45) is 11.3 Å². The number of imide groups is 1. The molecule has 7 nitrogen and oxygen atoms in total. The average Bonchev–Trinajstić information content (AvgIpc) is 2.93. The third-order valence-corrected chi connectivity index (χ3v) is 8.46. The summed E-state index contributed by atoms with van der Waals surface area (Å²) in [7, 11) is 1.62. The van der Waals surface area contributed by atoms with Crippen molar-refractivity contribution in [3.05, 3.63) is 42.0 Å². The monoisotopic (exact) mass is 523 g/mol. The summed E-state index contributed by atoms with van der Waals surface area (Å²) in [6.45, 7) is 3.05. The Morgan fingerprint density at radius 3 is 2.37 bits per heavy atom. The Morgan fingerprint density at radius 2 is 1.68 bits per heavy atom. The molecular formula is C31H41NO6. The molecule has 38 heavy (non-hydrogen) atoms. The van der Waals surface area contributed by atoms with Crippen LogP contribution in [0.15, 0.2) is 36.4 Å². The van der Waals surface area contributed by atoms with E-state index in [0.717, 1.165) is 84.8 Å². The van der Waals surface area contributed by atoms with Gasteiger partial charge in [0.2, 0.25) is 12.2 Å².